The first-order valence-electron chi connectivity index (χ1n) is 10.1. The van der Waals surface area contributed by atoms with Crippen molar-refractivity contribution in [1.82, 2.24) is 24.8 Å². The molecule has 4 rings (SSSR count). The van der Waals surface area contributed by atoms with Gasteiger partial charge >= 0.3 is 6.09 Å². The molecule has 2 fully saturated rings. The number of nitrogens with two attached hydrogens (primary N) is 2. The van der Waals surface area contributed by atoms with E-state index in [1.54, 1.807) is 11.0 Å². The summed E-state index contributed by atoms with van der Waals surface area (Å²) in [6.45, 7) is 3.57. The van der Waals surface area contributed by atoms with Crippen molar-refractivity contribution in [3.63, 3.8) is 0 Å². The third-order valence-electron chi connectivity index (χ3n) is 5.20. The van der Waals surface area contributed by atoms with Gasteiger partial charge in [-0.05, 0) is 12.8 Å². The summed E-state index contributed by atoms with van der Waals surface area (Å²) in [5, 5.41) is 0. The molecule has 2 aromatic heterocycles. The highest BCUT2D eigenvalue weighted by Crippen LogP contribution is 2.29. The first-order valence-corrected chi connectivity index (χ1v) is 10.1. The minimum atomic E-state index is -0.363. The standard InChI is InChI=1S/C19H26N8O4/c1-29-19(28)27-4-2-3-12(11-27)31-15-9-14(13-10-22-17(21)25-16(13)20)23-18(24-15)26-5-7-30-8-6-26/h9-10,12H,2-8,11H2,1H3,(H4,20,21,22,25)/t12-/m1/s1. The molecule has 166 valence electrons. The molecule has 0 aliphatic carbocycles. The molecule has 0 bridgehead atoms. The molecule has 2 saturated heterocycles. The van der Waals surface area contributed by atoms with E-state index in [0.29, 0.717) is 62.5 Å². The number of rotatable bonds is 4. The van der Waals surface area contributed by atoms with Crippen molar-refractivity contribution >= 4 is 23.8 Å². The van der Waals surface area contributed by atoms with E-state index >= 15 is 0 Å². The van der Waals surface area contributed by atoms with Crippen molar-refractivity contribution < 1.29 is 19.0 Å². The maximum absolute atomic E-state index is 11.9. The minimum Gasteiger partial charge on any atom is -0.472 e. The number of methoxy groups -OCH3 is 1. The number of morpholine rings is 1. The Bertz CT molecular complexity index is 937. The largest absolute Gasteiger partial charge is 0.472 e. The third-order valence-corrected chi connectivity index (χ3v) is 5.20. The van der Waals surface area contributed by atoms with Gasteiger partial charge in [-0.2, -0.15) is 9.97 Å². The van der Waals surface area contributed by atoms with Crippen LogP contribution in [0, 0.1) is 0 Å². The van der Waals surface area contributed by atoms with Crippen molar-refractivity contribution in [2.45, 2.75) is 18.9 Å². The highest BCUT2D eigenvalue weighted by Gasteiger charge is 2.27. The van der Waals surface area contributed by atoms with Crippen molar-refractivity contribution in [2.75, 3.05) is 62.9 Å². The Morgan fingerprint density at radius 2 is 2.00 bits per heavy atom. The minimum absolute atomic E-state index is 0.0882. The van der Waals surface area contributed by atoms with E-state index in [4.69, 9.17) is 25.7 Å². The Balaban J connectivity index is 1.63. The van der Waals surface area contributed by atoms with E-state index in [0.717, 1.165) is 12.8 Å². The molecule has 0 unspecified atom stereocenters. The van der Waals surface area contributed by atoms with Crippen LogP contribution in [0.15, 0.2) is 12.3 Å². The van der Waals surface area contributed by atoms with Gasteiger partial charge in [-0.25, -0.2) is 14.8 Å². The molecular formula is C19H26N8O4. The van der Waals surface area contributed by atoms with Crippen LogP contribution in [0.5, 0.6) is 5.88 Å². The van der Waals surface area contributed by atoms with Crippen molar-refractivity contribution in [3.8, 4) is 17.1 Å². The molecule has 0 saturated carbocycles. The van der Waals surface area contributed by atoms with Crippen LogP contribution in [0.2, 0.25) is 0 Å². The predicted octanol–water partition coefficient (Wildman–Crippen LogP) is 0.544. The molecule has 31 heavy (non-hydrogen) atoms. The van der Waals surface area contributed by atoms with Gasteiger partial charge in [0.2, 0.25) is 17.8 Å². The topological polar surface area (TPSA) is 155 Å². The van der Waals surface area contributed by atoms with Crippen LogP contribution >= 0.6 is 0 Å². The summed E-state index contributed by atoms with van der Waals surface area (Å²) < 4.78 is 16.4. The smallest absolute Gasteiger partial charge is 0.409 e. The fourth-order valence-corrected chi connectivity index (χ4v) is 3.62. The lowest BCUT2D eigenvalue weighted by Gasteiger charge is -2.32. The summed E-state index contributed by atoms with van der Waals surface area (Å²) in [4.78, 5) is 32.9. The number of ether oxygens (including phenoxy) is 3. The van der Waals surface area contributed by atoms with E-state index in [2.05, 4.69) is 19.9 Å². The summed E-state index contributed by atoms with van der Waals surface area (Å²) in [5.41, 5.74) is 12.8. The number of nitrogens with zero attached hydrogens (tertiary/aromatic N) is 6. The molecule has 0 spiro atoms. The number of likely N-dealkylation sites (tertiary alicyclic amines) is 1. The van der Waals surface area contributed by atoms with E-state index in [1.165, 1.54) is 13.3 Å². The molecule has 2 aliphatic heterocycles. The maximum atomic E-state index is 11.9. The Hall–Kier alpha value is -3.41. The Morgan fingerprint density at radius 1 is 1.19 bits per heavy atom. The first-order chi connectivity index (χ1) is 15.0. The number of carbonyl (C=O) groups excluding carboxylic acids is 1. The second-order valence-corrected chi connectivity index (χ2v) is 7.32. The van der Waals surface area contributed by atoms with Crippen LogP contribution in [0.4, 0.5) is 22.5 Å². The molecule has 12 heteroatoms. The van der Waals surface area contributed by atoms with E-state index in [1.807, 2.05) is 4.90 Å². The molecule has 1 atom stereocenters. The number of carbonyl (C=O) groups is 1. The summed E-state index contributed by atoms with van der Waals surface area (Å²) in [6.07, 6.45) is 2.57. The lowest BCUT2D eigenvalue weighted by Crippen LogP contribution is -2.44. The van der Waals surface area contributed by atoms with Crippen LogP contribution in [-0.4, -0.2) is 83.5 Å². The average Bonchev–Trinajstić information content (AvgIpc) is 2.79. The molecule has 2 aromatic rings. The van der Waals surface area contributed by atoms with E-state index in [9.17, 15) is 4.79 Å². The number of nitrogen functional groups attached to an aromatic ring is 2. The summed E-state index contributed by atoms with van der Waals surface area (Å²) in [5.74, 6) is 1.21. The van der Waals surface area contributed by atoms with Gasteiger partial charge < -0.3 is 35.5 Å². The zero-order valence-corrected chi connectivity index (χ0v) is 17.4. The van der Waals surface area contributed by atoms with E-state index < -0.39 is 0 Å². The molecule has 4 heterocycles. The molecule has 12 nitrogen and oxygen atoms in total. The summed E-state index contributed by atoms with van der Waals surface area (Å²) in [6, 6.07) is 1.70. The Morgan fingerprint density at radius 3 is 2.74 bits per heavy atom. The van der Waals surface area contributed by atoms with E-state index in [-0.39, 0.29) is 24.0 Å². The molecule has 0 radical (unpaired) electrons. The molecule has 0 aromatic carbocycles. The average molecular weight is 430 g/mol. The zero-order valence-electron chi connectivity index (χ0n) is 17.4. The second kappa shape index (κ2) is 9.16. The first kappa shape index (κ1) is 20.8. The third kappa shape index (κ3) is 4.85. The number of aromatic nitrogens is 4. The number of piperidine rings is 1. The van der Waals surface area contributed by atoms with Crippen molar-refractivity contribution in [1.29, 1.82) is 0 Å². The van der Waals surface area contributed by atoms with Crippen molar-refractivity contribution in [2.24, 2.45) is 0 Å². The van der Waals surface area contributed by atoms with Gasteiger partial charge in [0.15, 0.2) is 0 Å². The summed E-state index contributed by atoms with van der Waals surface area (Å²) >= 11 is 0. The number of anilines is 3. The molecule has 2 aliphatic rings. The Labute approximate surface area is 179 Å². The highest BCUT2D eigenvalue weighted by molar-refractivity contribution is 5.72. The second-order valence-electron chi connectivity index (χ2n) is 7.32. The maximum Gasteiger partial charge on any atom is 0.409 e. The van der Waals surface area contributed by atoms with Crippen LogP contribution in [0.1, 0.15) is 12.8 Å². The van der Waals surface area contributed by atoms with Gasteiger partial charge in [-0.3, -0.25) is 0 Å². The predicted molar refractivity (Wildman–Crippen MR) is 113 cm³/mol. The van der Waals surface area contributed by atoms with Crippen LogP contribution in [0.3, 0.4) is 0 Å². The van der Waals surface area contributed by atoms with Crippen LogP contribution < -0.4 is 21.1 Å². The quantitative estimate of drug-likeness (QED) is 0.698. The fraction of sp³-hybridized carbons (Fsp3) is 0.526. The SMILES string of the molecule is COC(=O)N1CCC[C@@H](Oc2cc(-c3cnc(N)nc3N)nc(N3CCOCC3)n2)C1. The van der Waals surface area contributed by atoms with Gasteiger partial charge in [0.1, 0.15) is 11.9 Å². The van der Waals surface area contributed by atoms with Crippen molar-refractivity contribution in [3.05, 3.63) is 12.3 Å². The van der Waals surface area contributed by atoms with Gasteiger partial charge in [-0.1, -0.05) is 0 Å². The van der Waals surface area contributed by atoms with Gasteiger partial charge in [0.25, 0.3) is 0 Å². The van der Waals surface area contributed by atoms with Gasteiger partial charge in [-0.15, -0.1) is 0 Å². The molecule has 4 N–H and O–H groups in total. The number of amides is 1. The van der Waals surface area contributed by atoms with Crippen LogP contribution in [0.25, 0.3) is 11.3 Å². The molecule has 1 amide bonds. The fourth-order valence-electron chi connectivity index (χ4n) is 3.62. The molecular weight excluding hydrogens is 404 g/mol. The highest BCUT2D eigenvalue weighted by atomic mass is 16.5. The van der Waals surface area contributed by atoms with Gasteiger partial charge in [0, 0.05) is 31.9 Å². The zero-order chi connectivity index (χ0) is 21.8. The lowest BCUT2D eigenvalue weighted by atomic mass is 10.1. The monoisotopic (exact) mass is 430 g/mol. The lowest BCUT2D eigenvalue weighted by molar-refractivity contribution is 0.0673. The number of hydrogen-bond donors (Lipinski definition) is 2. The Kier molecular flexibility index (Phi) is 6.16. The summed E-state index contributed by atoms with van der Waals surface area (Å²) in [7, 11) is 1.37. The normalized spacial score (nSPS) is 19.2. The van der Waals surface area contributed by atoms with Crippen LogP contribution in [-0.2, 0) is 9.47 Å². The van der Waals surface area contributed by atoms with Gasteiger partial charge in [0.05, 0.1) is 38.1 Å². The number of hydrogen-bond acceptors (Lipinski definition) is 11.